The van der Waals surface area contributed by atoms with Crippen molar-refractivity contribution in [2.24, 2.45) is 5.92 Å². The Morgan fingerprint density at radius 1 is 0.833 bits per heavy atom. The van der Waals surface area contributed by atoms with E-state index in [1.54, 1.807) is 29.2 Å². The minimum Gasteiger partial charge on any atom is -0.388 e. The van der Waals surface area contributed by atoms with Gasteiger partial charge in [0.05, 0.1) is 18.1 Å². The number of carbonyl (C=O) groups excluding carboxylic acids is 1. The summed E-state index contributed by atoms with van der Waals surface area (Å²) in [6.07, 6.45) is 0.0526. The zero-order chi connectivity index (χ0) is 25.2. The SMILES string of the molecule is Cc1cc(-c2ccccc2)ccc1[C@@H]1[C@@H](CC[C@H](O)c2ccc(F)cc2)C(=O)N1c1ccc(F)cc1. The molecule has 0 radical (unpaired) electrons. The highest BCUT2D eigenvalue weighted by Gasteiger charge is 2.49. The number of carbonyl (C=O) groups is 1. The van der Waals surface area contributed by atoms with Crippen LogP contribution in [0.1, 0.15) is 41.7 Å². The van der Waals surface area contributed by atoms with Crippen molar-refractivity contribution in [1.82, 2.24) is 0 Å². The fourth-order valence-corrected chi connectivity index (χ4v) is 5.08. The van der Waals surface area contributed by atoms with Crippen LogP contribution >= 0.6 is 0 Å². The molecular formula is C31H27F2NO2. The Morgan fingerprint density at radius 2 is 1.47 bits per heavy atom. The van der Waals surface area contributed by atoms with Crippen LogP contribution in [0.15, 0.2) is 97.1 Å². The largest absolute Gasteiger partial charge is 0.388 e. The molecule has 36 heavy (non-hydrogen) atoms. The molecule has 1 saturated heterocycles. The van der Waals surface area contributed by atoms with Gasteiger partial charge in [-0.2, -0.15) is 0 Å². The van der Waals surface area contributed by atoms with Crippen molar-refractivity contribution in [3.63, 3.8) is 0 Å². The van der Waals surface area contributed by atoms with Gasteiger partial charge in [-0.15, -0.1) is 0 Å². The summed E-state index contributed by atoms with van der Waals surface area (Å²) in [7, 11) is 0. The van der Waals surface area contributed by atoms with Gasteiger partial charge in [0.1, 0.15) is 11.6 Å². The summed E-state index contributed by atoms with van der Waals surface area (Å²) < 4.78 is 26.8. The van der Waals surface area contributed by atoms with E-state index in [0.717, 1.165) is 22.3 Å². The Hall–Kier alpha value is -3.83. The third-order valence-electron chi connectivity index (χ3n) is 7.02. The number of rotatable bonds is 7. The molecule has 0 aliphatic carbocycles. The lowest BCUT2D eigenvalue weighted by Gasteiger charge is -2.48. The minimum atomic E-state index is -0.791. The van der Waals surface area contributed by atoms with E-state index in [0.29, 0.717) is 24.1 Å². The summed E-state index contributed by atoms with van der Waals surface area (Å²) in [5.41, 5.74) is 5.57. The maximum Gasteiger partial charge on any atom is 0.233 e. The number of nitrogens with zero attached hydrogens (tertiary/aromatic N) is 1. The van der Waals surface area contributed by atoms with Crippen LogP contribution in [0.25, 0.3) is 11.1 Å². The number of hydrogen-bond acceptors (Lipinski definition) is 2. The molecule has 0 bridgehead atoms. The lowest BCUT2D eigenvalue weighted by atomic mass is 9.76. The van der Waals surface area contributed by atoms with E-state index in [-0.39, 0.29) is 29.5 Å². The number of β-lactam (4-membered cyclic amide) rings is 1. The molecule has 5 rings (SSSR count). The van der Waals surface area contributed by atoms with Gasteiger partial charge in [0.15, 0.2) is 0 Å². The third-order valence-corrected chi connectivity index (χ3v) is 7.02. The van der Waals surface area contributed by atoms with Crippen molar-refractivity contribution in [2.75, 3.05) is 4.90 Å². The highest BCUT2D eigenvalue weighted by Crippen LogP contribution is 2.47. The predicted octanol–water partition coefficient (Wildman–Crippen LogP) is 7.16. The van der Waals surface area contributed by atoms with Crippen molar-refractivity contribution < 1.29 is 18.7 Å². The second-order valence-electron chi connectivity index (χ2n) is 9.32. The Kier molecular flexibility index (Phi) is 6.66. The molecule has 0 saturated carbocycles. The van der Waals surface area contributed by atoms with Crippen molar-refractivity contribution in [1.29, 1.82) is 0 Å². The quantitative estimate of drug-likeness (QED) is 0.283. The van der Waals surface area contributed by atoms with Crippen molar-refractivity contribution >= 4 is 11.6 Å². The van der Waals surface area contributed by atoms with Gasteiger partial charge < -0.3 is 10.0 Å². The van der Waals surface area contributed by atoms with Gasteiger partial charge in [-0.05, 0) is 84.0 Å². The van der Waals surface area contributed by atoms with Crippen LogP contribution in [0.5, 0.6) is 0 Å². The molecule has 1 heterocycles. The summed E-state index contributed by atoms with van der Waals surface area (Å²) in [4.78, 5) is 15.0. The second-order valence-corrected chi connectivity index (χ2v) is 9.32. The molecule has 0 aromatic heterocycles. The first kappa shape index (κ1) is 23.9. The fourth-order valence-electron chi connectivity index (χ4n) is 5.08. The highest BCUT2D eigenvalue weighted by molar-refractivity contribution is 6.03. The molecule has 0 spiro atoms. The fraction of sp³-hybridized carbons (Fsp3) is 0.194. The third kappa shape index (κ3) is 4.67. The van der Waals surface area contributed by atoms with E-state index >= 15 is 0 Å². The van der Waals surface area contributed by atoms with Crippen molar-refractivity contribution in [3.05, 3.63) is 125 Å². The molecule has 1 aliphatic rings. The number of amides is 1. The van der Waals surface area contributed by atoms with Gasteiger partial charge >= 0.3 is 0 Å². The number of aryl methyl sites for hydroxylation is 1. The van der Waals surface area contributed by atoms with Gasteiger partial charge in [-0.25, -0.2) is 8.78 Å². The Morgan fingerprint density at radius 3 is 2.11 bits per heavy atom. The molecule has 0 unspecified atom stereocenters. The van der Waals surface area contributed by atoms with Gasteiger partial charge in [-0.1, -0.05) is 60.7 Å². The lowest BCUT2D eigenvalue weighted by molar-refractivity contribution is -0.131. The Bertz CT molecular complexity index is 1350. The average molecular weight is 484 g/mol. The number of benzene rings is 4. The molecule has 4 aromatic carbocycles. The molecule has 182 valence electrons. The van der Waals surface area contributed by atoms with E-state index in [1.165, 1.54) is 24.3 Å². The molecule has 3 atom stereocenters. The molecule has 5 heteroatoms. The van der Waals surface area contributed by atoms with Crippen LogP contribution in [-0.4, -0.2) is 11.0 Å². The predicted molar refractivity (Wildman–Crippen MR) is 137 cm³/mol. The summed E-state index contributed by atoms with van der Waals surface area (Å²) in [6, 6.07) is 27.9. The first-order valence-electron chi connectivity index (χ1n) is 12.1. The van der Waals surface area contributed by atoms with E-state index in [1.807, 2.05) is 25.1 Å². The summed E-state index contributed by atoms with van der Waals surface area (Å²) in [5, 5.41) is 10.7. The molecule has 3 nitrogen and oxygen atoms in total. The average Bonchev–Trinajstić information content (AvgIpc) is 2.89. The van der Waals surface area contributed by atoms with Gasteiger partial charge in [0.2, 0.25) is 5.91 Å². The van der Waals surface area contributed by atoms with E-state index in [2.05, 4.69) is 30.3 Å². The maximum absolute atomic E-state index is 13.6. The standard InChI is InChI=1S/C31H27F2NO2/c1-20-19-23(21-5-3-2-4-6-21)9-16-27(20)30-28(17-18-29(35)22-7-10-24(32)11-8-22)31(36)34(30)26-14-12-25(33)13-15-26/h2-16,19,28-30,35H,17-18H2,1H3/t28-,29+,30-/m1/s1. The van der Waals surface area contributed by atoms with E-state index in [4.69, 9.17) is 0 Å². The molecule has 4 aromatic rings. The second kappa shape index (κ2) is 10.0. The molecule has 1 aliphatic heterocycles. The van der Waals surface area contributed by atoms with Crippen LogP contribution < -0.4 is 4.90 Å². The number of halogens is 2. The number of aliphatic hydroxyl groups excluding tert-OH is 1. The summed E-state index contributed by atoms with van der Waals surface area (Å²) >= 11 is 0. The minimum absolute atomic E-state index is 0.0514. The zero-order valence-electron chi connectivity index (χ0n) is 19.9. The first-order chi connectivity index (χ1) is 17.4. The summed E-state index contributed by atoms with van der Waals surface area (Å²) in [6.45, 7) is 2.04. The smallest absolute Gasteiger partial charge is 0.233 e. The normalized spacial score (nSPS) is 18.1. The van der Waals surface area contributed by atoms with Crippen LogP contribution in [-0.2, 0) is 4.79 Å². The Balaban J connectivity index is 1.43. The van der Waals surface area contributed by atoms with Crippen molar-refractivity contribution in [3.8, 4) is 11.1 Å². The van der Waals surface area contributed by atoms with Gasteiger partial charge in [-0.3, -0.25) is 4.79 Å². The van der Waals surface area contributed by atoms with Crippen LogP contribution in [0, 0.1) is 24.5 Å². The van der Waals surface area contributed by atoms with E-state index in [9.17, 15) is 18.7 Å². The van der Waals surface area contributed by atoms with E-state index < -0.39 is 6.10 Å². The van der Waals surface area contributed by atoms with Crippen LogP contribution in [0.3, 0.4) is 0 Å². The van der Waals surface area contributed by atoms with Crippen LogP contribution in [0.4, 0.5) is 14.5 Å². The molecule has 1 fully saturated rings. The summed E-state index contributed by atoms with van der Waals surface area (Å²) in [5.74, 6) is -1.09. The number of aliphatic hydroxyl groups is 1. The van der Waals surface area contributed by atoms with Crippen LogP contribution in [0.2, 0.25) is 0 Å². The molecule has 1 N–H and O–H groups in total. The molecule has 1 amide bonds. The zero-order valence-corrected chi connectivity index (χ0v) is 19.9. The first-order valence-corrected chi connectivity index (χ1v) is 12.1. The number of hydrogen-bond donors (Lipinski definition) is 1. The monoisotopic (exact) mass is 483 g/mol. The molecular weight excluding hydrogens is 456 g/mol. The highest BCUT2D eigenvalue weighted by atomic mass is 19.1. The van der Waals surface area contributed by atoms with Gasteiger partial charge in [0, 0.05) is 5.69 Å². The maximum atomic E-state index is 13.6. The Labute approximate surface area is 209 Å². The number of anilines is 1. The van der Waals surface area contributed by atoms with Crippen molar-refractivity contribution in [2.45, 2.75) is 31.9 Å². The topological polar surface area (TPSA) is 40.5 Å². The van der Waals surface area contributed by atoms with Gasteiger partial charge in [0.25, 0.3) is 0 Å². The lowest BCUT2D eigenvalue weighted by Crippen LogP contribution is -2.55.